The van der Waals surface area contributed by atoms with Gasteiger partial charge in [-0.3, -0.25) is 0 Å². The van der Waals surface area contributed by atoms with E-state index >= 15 is 0 Å². The summed E-state index contributed by atoms with van der Waals surface area (Å²) in [6.07, 6.45) is 2.38. The number of benzene rings is 1. The Morgan fingerprint density at radius 2 is 2.00 bits per heavy atom. The predicted octanol–water partition coefficient (Wildman–Crippen LogP) is 1.36. The molecule has 1 saturated heterocycles. The third-order valence-electron chi connectivity index (χ3n) is 3.93. The molecule has 0 unspecified atom stereocenters. The lowest BCUT2D eigenvalue weighted by atomic mass is 10.1. The molecule has 2 rings (SSSR count). The maximum atomic E-state index is 13.2. The number of aryl methyl sites for hydroxylation is 1. The molecule has 0 aliphatic carbocycles. The average molecular weight is 343 g/mol. The van der Waals surface area contributed by atoms with E-state index in [0.29, 0.717) is 38.0 Å². The van der Waals surface area contributed by atoms with Crippen molar-refractivity contribution in [1.82, 2.24) is 14.9 Å². The van der Waals surface area contributed by atoms with Crippen LogP contribution in [-0.2, 0) is 16.6 Å². The summed E-state index contributed by atoms with van der Waals surface area (Å²) in [5, 5.41) is 5.57. The highest BCUT2D eigenvalue weighted by Gasteiger charge is 2.25. The smallest absolute Gasteiger partial charge is 0.315 e. The number of carbonyl (C=O) groups excluding carboxylic acids is 1. The van der Waals surface area contributed by atoms with E-state index in [1.54, 1.807) is 19.1 Å². The van der Waals surface area contributed by atoms with Crippen LogP contribution in [0.5, 0.6) is 0 Å². The summed E-state index contributed by atoms with van der Waals surface area (Å²) in [7, 11) is -3.16. The lowest BCUT2D eigenvalue weighted by molar-refractivity contribution is 0.227. The van der Waals surface area contributed by atoms with Crippen LogP contribution < -0.4 is 10.6 Å². The van der Waals surface area contributed by atoms with Gasteiger partial charge in [0.25, 0.3) is 0 Å². The maximum absolute atomic E-state index is 13.2. The maximum Gasteiger partial charge on any atom is 0.315 e. The normalized spacial score (nSPS) is 17.0. The number of nitrogens with zero attached hydrogens (tertiary/aromatic N) is 1. The van der Waals surface area contributed by atoms with E-state index in [1.807, 2.05) is 0 Å². The van der Waals surface area contributed by atoms with E-state index in [0.717, 1.165) is 5.56 Å². The van der Waals surface area contributed by atoms with Gasteiger partial charge in [0.2, 0.25) is 10.0 Å². The van der Waals surface area contributed by atoms with Crippen molar-refractivity contribution in [3.63, 3.8) is 0 Å². The van der Waals surface area contributed by atoms with Gasteiger partial charge in [-0.25, -0.2) is 21.9 Å². The average Bonchev–Trinajstić information content (AvgIpc) is 2.48. The Labute approximate surface area is 136 Å². The molecule has 0 aromatic heterocycles. The Balaban J connectivity index is 1.76. The number of hydrogen-bond donors (Lipinski definition) is 2. The molecule has 1 aromatic carbocycles. The molecule has 1 aromatic rings. The van der Waals surface area contributed by atoms with Gasteiger partial charge in [0.1, 0.15) is 5.82 Å². The third-order valence-corrected chi connectivity index (χ3v) is 5.24. The molecular weight excluding hydrogens is 321 g/mol. The Morgan fingerprint density at radius 1 is 1.35 bits per heavy atom. The molecule has 2 N–H and O–H groups in total. The van der Waals surface area contributed by atoms with E-state index in [2.05, 4.69) is 10.6 Å². The van der Waals surface area contributed by atoms with Crippen LogP contribution in [0.25, 0.3) is 0 Å². The number of hydrogen-bond acceptors (Lipinski definition) is 3. The molecule has 1 fully saturated rings. The molecule has 1 aliphatic rings. The summed E-state index contributed by atoms with van der Waals surface area (Å²) in [5.74, 6) is -0.268. The van der Waals surface area contributed by atoms with Crippen molar-refractivity contribution in [2.75, 3.05) is 19.3 Å². The van der Waals surface area contributed by atoms with Crippen molar-refractivity contribution in [3.05, 3.63) is 35.1 Å². The standard InChI is InChI=1S/C15H22FN3O3S/c1-11-9-12(3-4-14(11)16)10-17-15(20)18-13-5-7-19(8-6-13)23(2,21)22/h3-4,9,13H,5-8,10H2,1-2H3,(H2,17,18,20). The molecule has 2 amide bonds. The Bertz CT molecular complexity index is 671. The van der Waals surface area contributed by atoms with Gasteiger partial charge in [0.15, 0.2) is 0 Å². The highest BCUT2D eigenvalue weighted by atomic mass is 32.2. The van der Waals surface area contributed by atoms with Crippen LogP contribution in [0.1, 0.15) is 24.0 Å². The number of amides is 2. The zero-order chi connectivity index (χ0) is 17.0. The summed E-state index contributed by atoms with van der Waals surface area (Å²) >= 11 is 0. The molecule has 8 heteroatoms. The second-order valence-corrected chi connectivity index (χ2v) is 7.83. The highest BCUT2D eigenvalue weighted by Crippen LogP contribution is 2.13. The number of rotatable bonds is 4. The summed E-state index contributed by atoms with van der Waals surface area (Å²) in [6, 6.07) is 4.37. The minimum absolute atomic E-state index is 0.0389. The number of urea groups is 1. The van der Waals surface area contributed by atoms with Crippen molar-refractivity contribution >= 4 is 16.1 Å². The van der Waals surface area contributed by atoms with Gasteiger partial charge >= 0.3 is 6.03 Å². The van der Waals surface area contributed by atoms with E-state index < -0.39 is 10.0 Å². The van der Waals surface area contributed by atoms with Gasteiger partial charge in [0.05, 0.1) is 6.26 Å². The van der Waals surface area contributed by atoms with Gasteiger partial charge < -0.3 is 10.6 Å². The van der Waals surface area contributed by atoms with E-state index in [-0.39, 0.29) is 17.9 Å². The summed E-state index contributed by atoms with van der Waals surface area (Å²) in [4.78, 5) is 11.9. The molecule has 0 spiro atoms. The van der Waals surface area contributed by atoms with Crippen molar-refractivity contribution in [2.45, 2.75) is 32.4 Å². The van der Waals surface area contributed by atoms with E-state index in [9.17, 15) is 17.6 Å². The second kappa shape index (κ2) is 7.27. The Kier molecular flexibility index (Phi) is 5.59. The van der Waals surface area contributed by atoms with Crippen molar-refractivity contribution in [1.29, 1.82) is 0 Å². The number of carbonyl (C=O) groups is 1. The van der Waals surface area contributed by atoms with Crippen LogP contribution in [0, 0.1) is 12.7 Å². The van der Waals surface area contributed by atoms with Gasteiger partial charge in [-0.05, 0) is 37.0 Å². The molecular formula is C15H22FN3O3S. The van der Waals surface area contributed by atoms with E-state index in [1.165, 1.54) is 16.6 Å². The molecule has 0 radical (unpaired) electrons. The molecule has 23 heavy (non-hydrogen) atoms. The second-order valence-electron chi connectivity index (χ2n) is 5.85. The topological polar surface area (TPSA) is 78.5 Å². The first kappa shape index (κ1) is 17.7. The largest absolute Gasteiger partial charge is 0.335 e. The fraction of sp³-hybridized carbons (Fsp3) is 0.533. The van der Waals surface area contributed by atoms with Crippen LogP contribution >= 0.6 is 0 Å². The number of halogens is 1. The molecule has 0 bridgehead atoms. The summed E-state index contributed by atoms with van der Waals surface area (Å²) in [5.41, 5.74) is 1.36. The number of sulfonamides is 1. The molecule has 128 valence electrons. The molecule has 6 nitrogen and oxygen atoms in total. The minimum Gasteiger partial charge on any atom is -0.335 e. The first-order valence-electron chi connectivity index (χ1n) is 7.50. The lowest BCUT2D eigenvalue weighted by Crippen LogP contribution is -2.48. The van der Waals surface area contributed by atoms with Gasteiger partial charge in [0, 0.05) is 25.7 Å². The fourth-order valence-electron chi connectivity index (χ4n) is 2.57. The van der Waals surface area contributed by atoms with Gasteiger partial charge in [-0.15, -0.1) is 0 Å². The Hall–Kier alpha value is -1.67. The molecule has 1 heterocycles. The Morgan fingerprint density at radius 3 is 2.57 bits per heavy atom. The lowest BCUT2D eigenvalue weighted by Gasteiger charge is -2.30. The van der Waals surface area contributed by atoms with Gasteiger partial charge in [-0.1, -0.05) is 12.1 Å². The quantitative estimate of drug-likeness (QED) is 0.866. The first-order chi connectivity index (χ1) is 10.8. The number of piperidine rings is 1. The zero-order valence-electron chi connectivity index (χ0n) is 13.3. The monoisotopic (exact) mass is 343 g/mol. The van der Waals surface area contributed by atoms with Crippen LogP contribution in [0.4, 0.5) is 9.18 Å². The van der Waals surface area contributed by atoms with Crippen molar-refractivity contribution < 1.29 is 17.6 Å². The van der Waals surface area contributed by atoms with Crippen molar-refractivity contribution in [2.24, 2.45) is 0 Å². The fourth-order valence-corrected chi connectivity index (χ4v) is 3.44. The van der Waals surface area contributed by atoms with Crippen molar-refractivity contribution in [3.8, 4) is 0 Å². The molecule has 1 aliphatic heterocycles. The molecule has 0 saturated carbocycles. The minimum atomic E-state index is -3.16. The van der Waals surface area contributed by atoms with Crippen LogP contribution in [-0.4, -0.2) is 44.1 Å². The zero-order valence-corrected chi connectivity index (χ0v) is 14.1. The van der Waals surface area contributed by atoms with Gasteiger partial charge in [-0.2, -0.15) is 0 Å². The highest BCUT2D eigenvalue weighted by molar-refractivity contribution is 7.88. The summed E-state index contributed by atoms with van der Waals surface area (Å²) < 4.78 is 37.4. The SMILES string of the molecule is Cc1cc(CNC(=O)NC2CCN(S(C)(=O)=O)CC2)ccc1F. The predicted molar refractivity (Wildman–Crippen MR) is 85.9 cm³/mol. The van der Waals surface area contributed by atoms with Crippen LogP contribution in [0.3, 0.4) is 0 Å². The third kappa shape index (κ3) is 5.18. The van der Waals surface area contributed by atoms with Crippen LogP contribution in [0.2, 0.25) is 0 Å². The number of nitrogens with one attached hydrogen (secondary N) is 2. The summed E-state index contributed by atoms with van der Waals surface area (Å²) in [6.45, 7) is 2.82. The molecule has 0 atom stereocenters. The van der Waals surface area contributed by atoms with E-state index in [4.69, 9.17) is 0 Å². The van der Waals surface area contributed by atoms with Crippen LogP contribution in [0.15, 0.2) is 18.2 Å². The first-order valence-corrected chi connectivity index (χ1v) is 9.35.